The molecule has 4 rings (SSSR count). The molecule has 0 aromatic heterocycles. The second kappa shape index (κ2) is 9.21. The molecule has 1 amide bonds. The van der Waals surface area contributed by atoms with Crippen LogP contribution >= 0.6 is 0 Å². The van der Waals surface area contributed by atoms with Crippen molar-refractivity contribution in [2.75, 3.05) is 43.1 Å². The Hall–Kier alpha value is -2.69. The van der Waals surface area contributed by atoms with Gasteiger partial charge in [-0.15, -0.1) is 0 Å². The SMILES string of the molecule is COc1ccc2c(c1)N1CCN(c3ccc(C)cc3)C[C@H]1[C@@H](C(=O)NCCC(C)C)C2. The minimum atomic E-state index is -0.0543. The Bertz CT molecular complexity index is 909. The Labute approximate surface area is 186 Å². The van der Waals surface area contributed by atoms with E-state index in [1.165, 1.54) is 22.5 Å². The number of ether oxygens (including phenoxy) is 1. The molecule has 2 heterocycles. The van der Waals surface area contributed by atoms with Gasteiger partial charge in [0, 0.05) is 43.6 Å². The highest BCUT2D eigenvalue weighted by molar-refractivity contribution is 5.82. The number of nitrogens with one attached hydrogen (secondary N) is 1. The first-order valence-corrected chi connectivity index (χ1v) is 11.5. The number of carbonyl (C=O) groups is 1. The number of amides is 1. The Morgan fingerprint density at radius 3 is 2.65 bits per heavy atom. The molecular formula is C26H35N3O2. The maximum atomic E-state index is 13.3. The predicted molar refractivity (Wildman–Crippen MR) is 127 cm³/mol. The molecule has 31 heavy (non-hydrogen) atoms. The molecule has 1 N–H and O–H groups in total. The number of rotatable bonds is 6. The van der Waals surface area contributed by atoms with Gasteiger partial charge in [0.15, 0.2) is 0 Å². The van der Waals surface area contributed by atoms with Gasteiger partial charge in [0.2, 0.25) is 5.91 Å². The summed E-state index contributed by atoms with van der Waals surface area (Å²) >= 11 is 0. The van der Waals surface area contributed by atoms with Gasteiger partial charge in [0.05, 0.1) is 19.1 Å². The molecule has 1 saturated heterocycles. The molecule has 5 heteroatoms. The van der Waals surface area contributed by atoms with E-state index in [9.17, 15) is 4.79 Å². The van der Waals surface area contributed by atoms with Crippen LogP contribution in [0.25, 0.3) is 0 Å². The first-order chi connectivity index (χ1) is 15.0. The van der Waals surface area contributed by atoms with Gasteiger partial charge in [0.25, 0.3) is 0 Å². The van der Waals surface area contributed by atoms with Gasteiger partial charge < -0.3 is 19.9 Å². The molecule has 0 saturated carbocycles. The highest BCUT2D eigenvalue weighted by Crippen LogP contribution is 2.39. The Kier molecular flexibility index (Phi) is 6.40. The molecule has 5 nitrogen and oxygen atoms in total. The standard InChI is InChI=1S/C26H35N3O2/c1-18(2)11-12-27-26(30)23-15-20-7-10-22(31-4)16-24(20)29-14-13-28(17-25(23)29)21-8-5-19(3)6-9-21/h5-10,16,18,23,25H,11-15,17H2,1-4H3,(H,27,30)/t23-,25-/m0/s1. The summed E-state index contributed by atoms with van der Waals surface area (Å²) in [4.78, 5) is 18.1. The summed E-state index contributed by atoms with van der Waals surface area (Å²) in [6, 6.07) is 15.1. The third-order valence-corrected chi connectivity index (χ3v) is 6.68. The molecule has 2 aliphatic heterocycles. The van der Waals surface area contributed by atoms with Crippen molar-refractivity contribution < 1.29 is 9.53 Å². The van der Waals surface area contributed by atoms with E-state index in [1.807, 2.05) is 6.07 Å². The second-order valence-corrected chi connectivity index (χ2v) is 9.32. The van der Waals surface area contributed by atoms with E-state index >= 15 is 0 Å². The zero-order chi connectivity index (χ0) is 22.0. The van der Waals surface area contributed by atoms with Gasteiger partial charge >= 0.3 is 0 Å². The van der Waals surface area contributed by atoms with Crippen LogP contribution in [-0.4, -0.2) is 45.2 Å². The van der Waals surface area contributed by atoms with E-state index in [0.717, 1.165) is 44.8 Å². The van der Waals surface area contributed by atoms with Crippen molar-refractivity contribution in [3.05, 3.63) is 53.6 Å². The third kappa shape index (κ3) is 4.65. The van der Waals surface area contributed by atoms with E-state index in [4.69, 9.17) is 4.74 Å². The fraction of sp³-hybridized carbons (Fsp3) is 0.500. The molecule has 166 valence electrons. The molecule has 0 spiro atoms. The molecule has 2 aromatic carbocycles. The molecule has 0 bridgehead atoms. The predicted octanol–water partition coefficient (Wildman–Crippen LogP) is 4.03. The zero-order valence-corrected chi connectivity index (χ0v) is 19.2. The summed E-state index contributed by atoms with van der Waals surface area (Å²) in [5, 5.41) is 3.22. The van der Waals surface area contributed by atoms with E-state index in [0.29, 0.717) is 5.92 Å². The number of methoxy groups -OCH3 is 1. The highest BCUT2D eigenvalue weighted by atomic mass is 16.5. The summed E-state index contributed by atoms with van der Waals surface area (Å²) in [7, 11) is 1.71. The summed E-state index contributed by atoms with van der Waals surface area (Å²) in [5.74, 6) is 1.59. The van der Waals surface area contributed by atoms with Crippen molar-refractivity contribution in [3.8, 4) is 5.75 Å². The van der Waals surface area contributed by atoms with Crippen LogP contribution in [0.1, 0.15) is 31.4 Å². The average Bonchev–Trinajstić information content (AvgIpc) is 2.78. The number of carbonyl (C=O) groups excluding carboxylic acids is 1. The maximum absolute atomic E-state index is 13.3. The topological polar surface area (TPSA) is 44.8 Å². The maximum Gasteiger partial charge on any atom is 0.225 e. The van der Waals surface area contributed by atoms with E-state index in [2.05, 4.69) is 72.3 Å². The smallest absolute Gasteiger partial charge is 0.225 e. The number of aryl methyl sites for hydroxylation is 1. The molecule has 0 unspecified atom stereocenters. The molecule has 0 radical (unpaired) electrons. The minimum absolute atomic E-state index is 0.0543. The largest absolute Gasteiger partial charge is 0.497 e. The number of fused-ring (bicyclic) bond motifs is 3. The van der Waals surface area contributed by atoms with E-state index < -0.39 is 0 Å². The summed E-state index contributed by atoms with van der Waals surface area (Å²) in [6.45, 7) is 9.94. The number of piperazine rings is 1. The van der Waals surface area contributed by atoms with Crippen LogP contribution in [0.5, 0.6) is 5.75 Å². The van der Waals surface area contributed by atoms with Crippen molar-refractivity contribution in [2.24, 2.45) is 11.8 Å². The number of anilines is 2. The first-order valence-electron chi connectivity index (χ1n) is 11.5. The molecule has 0 aliphatic carbocycles. The van der Waals surface area contributed by atoms with Crippen LogP contribution in [0, 0.1) is 18.8 Å². The second-order valence-electron chi connectivity index (χ2n) is 9.32. The van der Waals surface area contributed by atoms with E-state index in [-0.39, 0.29) is 17.9 Å². The molecule has 2 atom stereocenters. The van der Waals surface area contributed by atoms with Gasteiger partial charge in [0.1, 0.15) is 5.75 Å². The number of hydrogen-bond donors (Lipinski definition) is 1. The number of benzene rings is 2. The van der Waals surface area contributed by atoms with Gasteiger partial charge in [-0.2, -0.15) is 0 Å². The van der Waals surface area contributed by atoms with Crippen molar-refractivity contribution in [1.29, 1.82) is 0 Å². The Balaban J connectivity index is 1.60. The fourth-order valence-electron chi connectivity index (χ4n) is 4.81. The minimum Gasteiger partial charge on any atom is -0.497 e. The molecule has 1 fully saturated rings. The molecule has 2 aliphatic rings. The van der Waals surface area contributed by atoms with Gasteiger partial charge in [-0.3, -0.25) is 4.79 Å². The van der Waals surface area contributed by atoms with Crippen LogP contribution in [0.2, 0.25) is 0 Å². The lowest BCUT2D eigenvalue weighted by Gasteiger charge is -2.49. The van der Waals surface area contributed by atoms with E-state index in [1.54, 1.807) is 7.11 Å². The first kappa shape index (κ1) is 21.5. The van der Waals surface area contributed by atoms with Crippen molar-refractivity contribution in [3.63, 3.8) is 0 Å². The zero-order valence-electron chi connectivity index (χ0n) is 19.2. The molecule has 2 aromatic rings. The normalized spacial score (nSPS) is 20.3. The monoisotopic (exact) mass is 421 g/mol. The quantitative estimate of drug-likeness (QED) is 0.765. The number of nitrogens with zero attached hydrogens (tertiary/aromatic N) is 2. The van der Waals surface area contributed by atoms with Gasteiger partial charge in [-0.1, -0.05) is 37.6 Å². The Morgan fingerprint density at radius 1 is 1.16 bits per heavy atom. The highest BCUT2D eigenvalue weighted by Gasteiger charge is 2.41. The lowest BCUT2D eigenvalue weighted by molar-refractivity contribution is -0.125. The van der Waals surface area contributed by atoms with Crippen molar-refractivity contribution in [1.82, 2.24) is 5.32 Å². The lowest BCUT2D eigenvalue weighted by Crippen LogP contribution is -2.61. The average molecular weight is 422 g/mol. The Morgan fingerprint density at radius 2 is 1.94 bits per heavy atom. The summed E-state index contributed by atoms with van der Waals surface area (Å²) < 4.78 is 5.50. The number of hydrogen-bond acceptors (Lipinski definition) is 4. The van der Waals surface area contributed by atoms with Gasteiger partial charge in [-0.05, 0) is 49.4 Å². The summed E-state index contributed by atoms with van der Waals surface area (Å²) in [5.41, 5.74) is 4.97. The molecular weight excluding hydrogens is 386 g/mol. The van der Waals surface area contributed by atoms with Crippen molar-refractivity contribution >= 4 is 17.3 Å². The van der Waals surface area contributed by atoms with Crippen LogP contribution in [0.4, 0.5) is 11.4 Å². The van der Waals surface area contributed by atoms with Crippen molar-refractivity contribution in [2.45, 2.75) is 39.7 Å². The fourth-order valence-corrected chi connectivity index (χ4v) is 4.81. The third-order valence-electron chi connectivity index (χ3n) is 6.68. The van der Waals surface area contributed by atoms with Crippen LogP contribution in [0.3, 0.4) is 0 Å². The van der Waals surface area contributed by atoms with Crippen LogP contribution in [0.15, 0.2) is 42.5 Å². The summed E-state index contributed by atoms with van der Waals surface area (Å²) in [6.07, 6.45) is 1.78. The van der Waals surface area contributed by atoms with Gasteiger partial charge in [-0.25, -0.2) is 0 Å². The van der Waals surface area contributed by atoms with Crippen LogP contribution < -0.4 is 19.9 Å². The van der Waals surface area contributed by atoms with Crippen LogP contribution in [-0.2, 0) is 11.2 Å². The lowest BCUT2D eigenvalue weighted by atomic mass is 9.83.